The van der Waals surface area contributed by atoms with E-state index in [9.17, 15) is 4.79 Å². The Balaban J connectivity index is 1.95. The minimum atomic E-state index is -0.408. The highest BCUT2D eigenvalue weighted by Gasteiger charge is 2.18. The number of pyridine rings is 1. The van der Waals surface area contributed by atoms with E-state index in [1.165, 1.54) is 0 Å². The Morgan fingerprint density at radius 1 is 1.62 bits per heavy atom. The van der Waals surface area contributed by atoms with Gasteiger partial charge in [-0.15, -0.1) is 0 Å². The van der Waals surface area contributed by atoms with Crippen molar-refractivity contribution in [2.75, 3.05) is 13.2 Å². The van der Waals surface area contributed by atoms with Crippen molar-refractivity contribution in [3.63, 3.8) is 0 Å². The quantitative estimate of drug-likeness (QED) is 0.412. The minimum Gasteiger partial charge on any atom is -0.376 e. The number of hydrogen-bond donors (Lipinski definition) is 2. The molecule has 1 saturated heterocycles. The van der Waals surface area contributed by atoms with E-state index in [-0.39, 0.29) is 11.8 Å². The number of nitrogens with zero attached hydrogens (tertiary/aromatic N) is 1. The van der Waals surface area contributed by atoms with E-state index in [1.54, 1.807) is 18.2 Å². The lowest BCUT2D eigenvalue weighted by atomic mass is 10.3. The maximum atomic E-state index is 11.2. The zero-order chi connectivity index (χ0) is 11.4. The predicted octanol–water partition coefficient (Wildman–Crippen LogP) is -0.400. The molecule has 0 atom stereocenters. The summed E-state index contributed by atoms with van der Waals surface area (Å²) in [5, 5.41) is 0. The van der Waals surface area contributed by atoms with Crippen molar-refractivity contribution in [1.29, 1.82) is 0 Å². The molecule has 0 spiro atoms. The number of rotatable bonds is 4. The number of ether oxygens (including phenoxy) is 2. The third-order valence-electron chi connectivity index (χ3n) is 2.24. The summed E-state index contributed by atoms with van der Waals surface area (Å²) in [6, 6.07) is 5.14. The van der Waals surface area contributed by atoms with Crippen LogP contribution in [0.3, 0.4) is 0 Å². The number of hydrogen-bond acceptors (Lipinski definition) is 5. The van der Waals surface area contributed by atoms with Crippen molar-refractivity contribution in [2.24, 2.45) is 5.84 Å². The summed E-state index contributed by atoms with van der Waals surface area (Å²) in [5.41, 5.74) is 3.02. The smallest absolute Gasteiger partial charge is 0.283 e. The molecule has 2 heterocycles. The Hall–Kier alpha value is -1.50. The minimum absolute atomic E-state index is 0.147. The molecule has 3 N–H and O–H groups in total. The van der Waals surface area contributed by atoms with Crippen LogP contribution in [0, 0.1) is 0 Å². The summed E-state index contributed by atoms with van der Waals surface area (Å²) in [4.78, 5) is 15.3. The van der Waals surface area contributed by atoms with Crippen LogP contribution >= 0.6 is 0 Å². The van der Waals surface area contributed by atoms with Crippen molar-refractivity contribution in [2.45, 2.75) is 12.7 Å². The van der Waals surface area contributed by atoms with Gasteiger partial charge in [-0.2, -0.15) is 0 Å². The van der Waals surface area contributed by atoms with Crippen LogP contribution in [0.25, 0.3) is 0 Å². The molecule has 6 nitrogen and oxygen atoms in total. The summed E-state index contributed by atoms with van der Waals surface area (Å²) < 4.78 is 10.5. The van der Waals surface area contributed by atoms with Gasteiger partial charge in [0.1, 0.15) is 11.8 Å². The van der Waals surface area contributed by atoms with Crippen molar-refractivity contribution < 1.29 is 14.3 Å². The molecule has 0 bridgehead atoms. The van der Waals surface area contributed by atoms with Gasteiger partial charge in [0.25, 0.3) is 5.91 Å². The fourth-order valence-electron chi connectivity index (χ4n) is 1.27. The molecule has 1 amide bonds. The first-order valence-electron chi connectivity index (χ1n) is 4.96. The molecule has 1 aromatic rings. The van der Waals surface area contributed by atoms with Crippen molar-refractivity contribution in [3.05, 3.63) is 29.6 Å². The van der Waals surface area contributed by atoms with Crippen molar-refractivity contribution in [3.8, 4) is 0 Å². The first-order valence-corrected chi connectivity index (χ1v) is 4.96. The summed E-state index contributed by atoms with van der Waals surface area (Å²) >= 11 is 0. The third kappa shape index (κ3) is 2.54. The molecule has 1 fully saturated rings. The zero-order valence-corrected chi connectivity index (χ0v) is 8.68. The Labute approximate surface area is 92.7 Å². The first-order chi connectivity index (χ1) is 7.79. The van der Waals surface area contributed by atoms with Gasteiger partial charge < -0.3 is 9.47 Å². The number of nitrogen functional groups attached to an aromatic ring is 1. The molecule has 1 aliphatic heterocycles. The highest BCUT2D eigenvalue weighted by molar-refractivity contribution is 5.91. The van der Waals surface area contributed by atoms with Gasteiger partial charge in [0.05, 0.1) is 25.5 Å². The third-order valence-corrected chi connectivity index (χ3v) is 2.24. The normalized spacial score (nSPS) is 15.6. The maximum absolute atomic E-state index is 11.2. The van der Waals surface area contributed by atoms with Crippen molar-refractivity contribution >= 4 is 5.91 Å². The van der Waals surface area contributed by atoms with Crippen LogP contribution in [0.1, 0.15) is 16.2 Å². The Bertz CT molecular complexity index is 379. The lowest BCUT2D eigenvalue weighted by Crippen LogP contribution is -2.36. The van der Waals surface area contributed by atoms with Crippen LogP contribution in [-0.4, -0.2) is 30.2 Å². The second-order valence-electron chi connectivity index (χ2n) is 3.46. The highest BCUT2D eigenvalue weighted by Crippen LogP contribution is 2.09. The second-order valence-corrected chi connectivity index (χ2v) is 3.46. The summed E-state index contributed by atoms with van der Waals surface area (Å²) in [6.45, 7) is 1.63. The van der Waals surface area contributed by atoms with Crippen LogP contribution < -0.4 is 11.3 Å². The number of hydrazine groups is 1. The van der Waals surface area contributed by atoms with Crippen molar-refractivity contribution in [1.82, 2.24) is 10.4 Å². The van der Waals surface area contributed by atoms with Gasteiger partial charge in [0, 0.05) is 0 Å². The zero-order valence-electron chi connectivity index (χ0n) is 8.68. The second kappa shape index (κ2) is 5.02. The van der Waals surface area contributed by atoms with E-state index in [0.29, 0.717) is 25.5 Å². The van der Waals surface area contributed by atoms with Gasteiger partial charge in [-0.25, -0.2) is 10.8 Å². The van der Waals surface area contributed by atoms with Crippen LogP contribution in [0.15, 0.2) is 18.2 Å². The maximum Gasteiger partial charge on any atom is 0.283 e. The van der Waals surface area contributed by atoms with Gasteiger partial charge >= 0.3 is 0 Å². The monoisotopic (exact) mass is 223 g/mol. The van der Waals surface area contributed by atoms with Crippen LogP contribution in [0.5, 0.6) is 0 Å². The average molecular weight is 223 g/mol. The van der Waals surface area contributed by atoms with E-state index in [0.717, 1.165) is 0 Å². The van der Waals surface area contributed by atoms with Gasteiger partial charge in [-0.3, -0.25) is 10.2 Å². The van der Waals surface area contributed by atoms with Gasteiger partial charge in [0.15, 0.2) is 0 Å². The molecular weight excluding hydrogens is 210 g/mol. The molecule has 6 heteroatoms. The molecule has 1 aliphatic rings. The molecule has 86 valence electrons. The highest BCUT2D eigenvalue weighted by atomic mass is 16.6. The standard InChI is InChI=1S/C10H13N3O3/c11-13-10(14)9-3-1-2-7(12-9)4-16-8-5-15-6-8/h1-3,8H,4-6,11H2,(H,13,14). The molecule has 2 rings (SSSR count). The van der Waals surface area contributed by atoms with Crippen LogP contribution in [0.2, 0.25) is 0 Å². The largest absolute Gasteiger partial charge is 0.376 e. The number of carbonyl (C=O) groups excluding carboxylic acids is 1. The molecule has 0 aliphatic carbocycles. The molecule has 0 radical (unpaired) electrons. The summed E-state index contributed by atoms with van der Waals surface area (Å²) in [5.74, 6) is 4.61. The SMILES string of the molecule is NNC(=O)c1cccc(COC2COC2)n1. The number of nitrogens with one attached hydrogen (secondary N) is 1. The predicted molar refractivity (Wildman–Crippen MR) is 55.3 cm³/mol. The van der Waals surface area contributed by atoms with E-state index in [1.807, 2.05) is 5.43 Å². The lowest BCUT2D eigenvalue weighted by Gasteiger charge is -2.25. The summed E-state index contributed by atoms with van der Waals surface area (Å²) in [6.07, 6.45) is 0.147. The fraction of sp³-hybridized carbons (Fsp3) is 0.400. The number of carbonyl (C=O) groups is 1. The molecule has 0 aromatic carbocycles. The number of aromatic nitrogens is 1. The topological polar surface area (TPSA) is 86.5 Å². The van der Waals surface area contributed by atoms with E-state index in [2.05, 4.69) is 4.98 Å². The van der Waals surface area contributed by atoms with Gasteiger partial charge in [-0.05, 0) is 12.1 Å². The molecular formula is C10H13N3O3. The fourth-order valence-corrected chi connectivity index (χ4v) is 1.27. The molecule has 0 saturated carbocycles. The molecule has 0 unspecified atom stereocenters. The Morgan fingerprint density at radius 2 is 2.44 bits per heavy atom. The Morgan fingerprint density at radius 3 is 3.06 bits per heavy atom. The van der Waals surface area contributed by atoms with Gasteiger partial charge in [-0.1, -0.05) is 6.07 Å². The molecule has 16 heavy (non-hydrogen) atoms. The summed E-state index contributed by atoms with van der Waals surface area (Å²) in [7, 11) is 0. The van der Waals surface area contributed by atoms with E-state index in [4.69, 9.17) is 15.3 Å². The van der Waals surface area contributed by atoms with Crippen LogP contribution in [-0.2, 0) is 16.1 Å². The van der Waals surface area contributed by atoms with Crippen LogP contribution in [0.4, 0.5) is 0 Å². The van der Waals surface area contributed by atoms with E-state index >= 15 is 0 Å². The van der Waals surface area contributed by atoms with Gasteiger partial charge in [0.2, 0.25) is 0 Å². The number of amides is 1. The average Bonchev–Trinajstić information content (AvgIpc) is 2.26. The molecule has 1 aromatic heterocycles. The van der Waals surface area contributed by atoms with E-state index < -0.39 is 5.91 Å². The lowest BCUT2D eigenvalue weighted by molar-refractivity contribution is -0.135. The first kappa shape index (κ1) is 11.0. The Kier molecular flexibility index (Phi) is 3.45. The number of nitrogens with two attached hydrogens (primary N) is 1.